The zero-order valence-corrected chi connectivity index (χ0v) is 11.6. The topological polar surface area (TPSA) is 49.3 Å². The van der Waals surface area contributed by atoms with Crippen molar-refractivity contribution in [1.29, 1.82) is 0 Å². The Labute approximate surface area is 115 Å². The van der Waals surface area contributed by atoms with Gasteiger partial charge in [-0.15, -0.1) is 0 Å². The van der Waals surface area contributed by atoms with Gasteiger partial charge in [0.1, 0.15) is 0 Å². The van der Waals surface area contributed by atoms with Crippen LogP contribution in [-0.2, 0) is 10.2 Å². The summed E-state index contributed by atoms with van der Waals surface area (Å²) < 4.78 is 0. The molecule has 0 spiro atoms. The fourth-order valence-corrected chi connectivity index (χ4v) is 2.98. The second-order valence-corrected chi connectivity index (χ2v) is 5.42. The molecule has 0 unspecified atom stereocenters. The normalized spacial score (nSPS) is 19.1. The highest BCUT2D eigenvalue weighted by Crippen LogP contribution is 2.41. The Morgan fingerprint density at radius 2 is 1.95 bits per heavy atom. The molecule has 1 aromatic carbocycles. The molecule has 1 aliphatic carbocycles. The molecule has 104 valence electrons. The Kier molecular flexibility index (Phi) is 4.59. The summed E-state index contributed by atoms with van der Waals surface area (Å²) in [5.41, 5.74) is 0.724. The van der Waals surface area contributed by atoms with Gasteiger partial charge in [-0.3, -0.25) is 4.79 Å². The van der Waals surface area contributed by atoms with E-state index in [9.17, 15) is 9.90 Å². The van der Waals surface area contributed by atoms with E-state index in [4.69, 9.17) is 0 Å². The standard InChI is InChI=1S/C16H23NO2/c1-2-14(12-18)17-15(19)16(10-6-7-11-16)13-8-4-3-5-9-13/h3-5,8-9,14,18H,2,6-7,10-12H2,1H3,(H,17,19)/t14-/m1/s1. The molecule has 1 aromatic rings. The highest BCUT2D eigenvalue weighted by Gasteiger charge is 2.42. The maximum absolute atomic E-state index is 12.7. The van der Waals surface area contributed by atoms with Gasteiger partial charge in [0.15, 0.2) is 0 Å². The van der Waals surface area contributed by atoms with E-state index in [-0.39, 0.29) is 24.0 Å². The molecule has 2 rings (SSSR count). The second kappa shape index (κ2) is 6.20. The van der Waals surface area contributed by atoms with E-state index in [0.29, 0.717) is 0 Å². The van der Waals surface area contributed by atoms with E-state index in [2.05, 4.69) is 5.32 Å². The van der Waals surface area contributed by atoms with Gasteiger partial charge in [-0.25, -0.2) is 0 Å². The Morgan fingerprint density at radius 3 is 2.47 bits per heavy atom. The molecule has 1 aliphatic rings. The summed E-state index contributed by atoms with van der Waals surface area (Å²) in [6.07, 6.45) is 4.76. The Bertz CT molecular complexity index is 406. The number of aliphatic hydroxyl groups excluding tert-OH is 1. The molecule has 0 saturated heterocycles. The van der Waals surface area contributed by atoms with Crippen molar-refractivity contribution in [3.63, 3.8) is 0 Å². The molecule has 2 N–H and O–H groups in total. The Balaban J connectivity index is 2.23. The first kappa shape index (κ1) is 14.1. The first-order valence-electron chi connectivity index (χ1n) is 7.20. The molecule has 0 aromatic heterocycles. The number of amides is 1. The summed E-state index contributed by atoms with van der Waals surface area (Å²) in [6, 6.07) is 9.92. The van der Waals surface area contributed by atoms with Gasteiger partial charge < -0.3 is 10.4 Å². The molecular formula is C16H23NO2. The van der Waals surface area contributed by atoms with E-state index in [1.165, 1.54) is 0 Å². The van der Waals surface area contributed by atoms with E-state index in [1.807, 2.05) is 37.3 Å². The maximum Gasteiger partial charge on any atom is 0.230 e. The van der Waals surface area contributed by atoms with Crippen LogP contribution in [-0.4, -0.2) is 23.7 Å². The number of aliphatic hydroxyl groups is 1. The molecule has 3 nitrogen and oxygen atoms in total. The van der Waals surface area contributed by atoms with Crippen molar-refractivity contribution in [3.05, 3.63) is 35.9 Å². The highest BCUT2D eigenvalue weighted by molar-refractivity contribution is 5.88. The lowest BCUT2D eigenvalue weighted by atomic mass is 9.78. The van der Waals surface area contributed by atoms with Crippen LogP contribution in [0.25, 0.3) is 0 Å². The fourth-order valence-electron chi connectivity index (χ4n) is 2.98. The first-order valence-corrected chi connectivity index (χ1v) is 7.20. The third-order valence-electron chi connectivity index (χ3n) is 4.27. The van der Waals surface area contributed by atoms with Gasteiger partial charge >= 0.3 is 0 Å². The molecule has 0 aliphatic heterocycles. The van der Waals surface area contributed by atoms with Crippen molar-refractivity contribution in [2.24, 2.45) is 0 Å². The van der Waals surface area contributed by atoms with Crippen LogP contribution in [0.15, 0.2) is 30.3 Å². The average Bonchev–Trinajstić information content (AvgIpc) is 2.96. The SMILES string of the molecule is CC[C@H](CO)NC(=O)C1(c2ccccc2)CCCC1. The molecule has 1 fully saturated rings. The smallest absolute Gasteiger partial charge is 0.230 e. The van der Waals surface area contributed by atoms with Gasteiger partial charge in [0.05, 0.1) is 18.1 Å². The van der Waals surface area contributed by atoms with Crippen molar-refractivity contribution in [2.45, 2.75) is 50.5 Å². The van der Waals surface area contributed by atoms with Crippen LogP contribution in [0, 0.1) is 0 Å². The quantitative estimate of drug-likeness (QED) is 0.855. The van der Waals surface area contributed by atoms with E-state index >= 15 is 0 Å². The molecule has 19 heavy (non-hydrogen) atoms. The molecule has 0 radical (unpaired) electrons. The molecular weight excluding hydrogens is 238 g/mol. The van der Waals surface area contributed by atoms with E-state index in [0.717, 1.165) is 37.7 Å². The lowest BCUT2D eigenvalue weighted by Crippen LogP contribution is -2.48. The maximum atomic E-state index is 12.7. The number of benzene rings is 1. The number of hydrogen-bond donors (Lipinski definition) is 2. The third kappa shape index (κ3) is 2.81. The number of carbonyl (C=O) groups is 1. The summed E-state index contributed by atoms with van der Waals surface area (Å²) in [5.74, 6) is 0.0806. The summed E-state index contributed by atoms with van der Waals surface area (Å²) >= 11 is 0. The molecule has 0 bridgehead atoms. The van der Waals surface area contributed by atoms with E-state index in [1.54, 1.807) is 0 Å². The number of hydrogen-bond acceptors (Lipinski definition) is 2. The summed E-state index contributed by atoms with van der Waals surface area (Å²) in [5, 5.41) is 12.3. The Morgan fingerprint density at radius 1 is 1.32 bits per heavy atom. The lowest BCUT2D eigenvalue weighted by molar-refractivity contribution is -0.127. The van der Waals surface area contributed by atoms with Crippen molar-refractivity contribution in [3.8, 4) is 0 Å². The number of rotatable bonds is 5. The predicted octanol–water partition coefficient (Wildman–Crippen LogP) is 2.39. The molecule has 1 atom stereocenters. The number of carbonyl (C=O) groups excluding carboxylic acids is 1. The molecule has 3 heteroatoms. The minimum Gasteiger partial charge on any atom is -0.394 e. The lowest BCUT2D eigenvalue weighted by Gasteiger charge is -2.30. The number of nitrogens with one attached hydrogen (secondary N) is 1. The molecule has 1 saturated carbocycles. The molecule has 1 amide bonds. The largest absolute Gasteiger partial charge is 0.394 e. The van der Waals surface area contributed by atoms with Crippen molar-refractivity contribution in [1.82, 2.24) is 5.32 Å². The summed E-state index contributed by atoms with van der Waals surface area (Å²) in [7, 11) is 0. The third-order valence-corrected chi connectivity index (χ3v) is 4.27. The van der Waals surface area contributed by atoms with Gasteiger partial charge in [0.2, 0.25) is 5.91 Å². The minimum absolute atomic E-state index is 0.00705. The minimum atomic E-state index is -0.385. The zero-order chi connectivity index (χ0) is 13.7. The van der Waals surface area contributed by atoms with Crippen molar-refractivity contribution >= 4 is 5.91 Å². The van der Waals surface area contributed by atoms with Crippen LogP contribution < -0.4 is 5.32 Å². The molecule has 0 heterocycles. The van der Waals surface area contributed by atoms with Crippen LogP contribution in [0.1, 0.15) is 44.6 Å². The fraction of sp³-hybridized carbons (Fsp3) is 0.562. The summed E-state index contributed by atoms with van der Waals surface area (Å²) in [4.78, 5) is 12.7. The average molecular weight is 261 g/mol. The van der Waals surface area contributed by atoms with Crippen molar-refractivity contribution < 1.29 is 9.90 Å². The Hall–Kier alpha value is -1.35. The van der Waals surface area contributed by atoms with Crippen LogP contribution in [0.4, 0.5) is 0 Å². The van der Waals surface area contributed by atoms with Gasteiger partial charge in [0, 0.05) is 0 Å². The van der Waals surface area contributed by atoms with Gasteiger partial charge in [-0.1, -0.05) is 50.1 Å². The van der Waals surface area contributed by atoms with Crippen LogP contribution in [0.2, 0.25) is 0 Å². The van der Waals surface area contributed by atoms with Gasteiger partial charge in [-0.05, 0) is 24.8 Å². The van der Waals surface area contributed by atoms with Crippen LogP contribution in [0.3, 0.4) is 0 Å². The summed E-state index contributed by atoms with van der Waals surface area (Å²) in [6.45, 7) is 1.98. The monoisotopic (exact) mass is 261 g/mol. The van der Waals surface area contributed by atoms with Crippen LogP contribution >= 0.6 is 0 Å². The van der Waals surface area contributed by atoms with E-state index < -0.39 is 0 Å². The van der Waals surface area contributed by atoms with Gasteiger partial charge in [-0.2, -0.15) is 0 Å². The first-order chi connectivity index (χ1) is 9.23. The predicted molar refractivity (Wildman–Crippen MR) is 75.9 cm³/mol. The zero-order valence-electron chi connectivity index (χ0n) is 11.6. The van der Waals surface area contributed by atoms with Gasteiger partial charge in [0.25, 0.3) is 0 Å². The second-order valence-electron chi connectivity index (χ2n) is 5.42. The van der Waals surface area contributed by atoms with Crippen LogP contribution in [0.5, 0.6) is 0 Å². The highest BCUT2D eigenvalue weighted by atomic mass is 16.3. The van der Waals surface area contributed by atoms with Crippen molar-refractivity contribution in [2.75, 3.05) is 6.61 Å².